The van der Waals surface area contributed by atoms with E-state index in [0.29, 0.717) is 0 Å². The number of carbonyl (C=O) groups is 1. The quantitative estimate of drug-likeness (QED) is 0.361. The van der Waals surface area contributed by atoms with Gasteiger partial charge in [0.05, 0.1) is 13.2 Å². The molecule has 2 aliphatic heterocycles. The van der Waals surface area contributed by atoms with Crippen molar-refractivity contribution in [2.24, 2.45) is 0 Å². The van der Waals surface area contributed by atoms with Crippen molar-refractivity contribution in [3.8, 4) is 0 Å². The molecule has 3 N–H and O–H groups in total. The molecular formula is C20H23FN3O9P. The third-order valence-corrected chi connectivity index (χ3v) is 7.26. The fraction of sp³-hybridized carbons (Fsp3) is 0.450. The number of H-pyrrole nitrogens is 1. The second-order valence-electron chi connectivity index (χ2n) is 8.08. The summed E-state index contributed by atoms with van der Waals surface area (Å²) in [6.07, 6.45) is -3.79. The Hall–Kier alpha value is -2.83. The number of cyclic esters (lactones) is 1. The van der Waals surface area contributed by atoms with Crippen molar-refractivity contribution in [3.05, 3.63) is 63.4 Å². The van der Waals surface area contributed by atoms with Crippen LogP contribution in [0, 0.1) is 0 Å². The number of hydrogen-bond donors (Lipinski definition) is 3. The predicted octanol–water partition coefficient (Wildman–Crippen LogP) is 0.462. The molecule has 0 saturated carbocycles. The van der Waals surface area contributed by atoms with E-state index >= 15 is 4.39 Å². The maximum Gasteiger partial charge on any atom is 0.433 e. The third-order valence-electron chi connectivity index (χ3n) is 5.72. The first-order chi connectivity index (χ1) is 16.0. The Balaban J connectivity index is 1.56. The van der Waals surface area contributed by atoms with Crippen molar-refractivity contribution in [1.29, 1.82) is 0 Å². The summed E-state index contributed by atoms with van der Waals surface area (Å²) in [5.74, 6) is -0.701. The first-order valence-corrected chi connectivity index (χ1v) is 11.9. The monoisotopic (exact) mass is 499 g/mol. The molecule has 12 nitrogen and oxygen atoms in total. The van der Waals surface area contributed by atoms with E-state index in [1.165, 1.54) is 12.1 Å². The molecule has 0 radical (unpaired) electrons. The highest BCUT2D eigenvalue weighted by molar-refractivity contribution is 7.54. The standard InChI is InChI=1S/C20H23FN3O9P/c1-20(21)16(26)14(33-18(20)23-9-7-15(25)22-19(23)28)11-32-34(29,30)24(12-5-3-2-4-6-12)13-8-10-31-17(13)27/h2-7,9,13-14,16,18,26H,8,10-11H2,1H3,(H,29,30)(H,22,25,28)/t13-,14+,16+,18+,20+/m0/s1. The zero-order valence-electron chi connectivity index (χ0n) is 17.9. The molecule has 1 aromatic heterocycles. The number of alkyl halides is 1. The molecule has 0 bridgehead atoms. The van der Waals surface area contributed by atoms with Gasteiger partial charge in [0.15, 0.2) is 11.9 Å². The number of esters is 1. The Labute approximate surface area is 192 Å². The highest BCUT2D eigenvalue weighted by Gasteiger charge is 2.56. The normalized spacial score (nSPS) is 30.6. The van der Waals surface area contributed by atoms with E-state index in [0.717, 1.165) is 28.4 Å². The van der Waals surface area contributed by atoms with Crippen molar-refractivity contribution < 1.29 is 37.7 Å². The van der Waals surface area contributed by atoms with Crippen LogP contribution in [-0.4, -0.2) is 62.7 Å². The van der Waals surface area contributed by atoms with Crippen LogP contribution in [0.1, 0.15) is 19.6 Å². The summed E-state index contributed by atoms with van der Waals surface area (Å²) in [5, 5.41) is 10.5. The lowest BCUT2D eigenvalue weighted by molar-refractivity contribution is -0.138. The molecule has 3 heterocycles. The largest absolute Gasteiger partial charge is 0.464 e. The number of benzene rings is 1. The third kappa shape index (κ3) is 4.44. The van der Waals surface area contributed by atoms with Gasteiger partial charge in [-0.2, -0.15) is 0 Å². The topological polar surface area (TPSA) is 160 Å². The van der Waals surface area contributed by atoms with Crippen molar-refractivity contribution in [2.45, 2.75) is 43.5 Å². The molecule has 0 aliphatic carbocycles. The Morgan fingerprint density at radius 3 is 2.62 bits per heavy atom. The zero-order valence-corrected chi connectivity index (χ0v) is 18.8. The van der Waals surface area contributed by atoms with E-state index in [1.54, 1.807) is 18.2 Å². The molecule has 14 heteroatoms. The highest BCUT2D eigenvalue weighted by atomic mass is 31.2. The number of ether oxygens (including phenoxy) is 2. The average Bonchev–Trinajstić information content (AvgIpc) is 3.29. The van der Waals surface area contributed by atoms with Gasteiger partial charge in [-0.1, -0.05) is 18.2 Å². The first kappa shape index (κ1) is 24.3. The van der Waals surface area contributed by atoms with Crippen molar-refractivity contribution in [1.82, 2.24) is 9.55 Å². The Morgan fingerprint density at radius 1 is 1.29 bits per heavy atom. The Bertz CT molecular complexity index is 1220. The summed E-state index contributed by atoms with van der Waals surface area (Å²) in [5.41, 5.74) is -3.95. The fourth-order valence-electron chi connectivity index (χ4n) is 3.99. The number of hydrogen-bond acceptors (Lipinski definition) is 8. The molecule has 2 aromatic rings. The van der Waals surface area contributed by atoms with E-state index in [-0.39, 0.29) is 18.7 Å². The number of para-hydroxylation sites is 1. The average molecular weight is 499 g/mol. The van der Waals surface area contributed by atoms with Crippen molar-refractivity contribution in [3.63, 3.8) is 0 Å². The van der Waals surface area contributed by atoms with E-state index < -0.39 is 61.7 Å². The minimum atomic E-state index is -4.74. The minimum Gasteiger partial charge on any atom is -0.464 e. The Morgan fingerprint density at radius 2 is 2.00 bits per heavy atom. The van der Waals surface area contributed by atoms with Crippen LogP contribution in [0.5, 0.6) is 0 Å². The van der Waals surface area contributed by atoms with Crippen molar-refractivity contribution in [2.75, 3.05) is 17.9 Å². The lowest BCUT2D eigenvalue weighted by Crippen LogP contribution is -2.44. The maximum absolute atomic E-state index is 15.3. The lowest BCUT2D eigenvalue weighted by Gasteiger charge is -2.32. The van der Waals surface area contributed by atoms with Crippen LogP contribution in [0.4, 0.5) is 10.1 Å². The van der Waals surface area contributed by atoms with Gasteiger partial charge in [-0.15, -0.1) is 0 Å². The molecule has 2 fully saturated rings. The van der Waals surface area contributed by atoms with Gasteiger partial charge in [0.1, 0.15) is 18.2 Å². The molecule has 0 amide bonds. The summed E-state index contributed by atoms with van der Waals surface area (Å²) in [4.78, 5) is 48.3. The molecule has 4 rings (SSSR count). The maximum atomic E-state index is 15.3. The number of nitrogens with one attached hydrogen (secondary N) is 1. The van der Waals surface area contributed by atoms with E-state index in [9.17, 15) is 28.9 Å². The van der Waals surface area contributed by atoms with Gasteiger partial charge >= 0.3 is 19.4 Å². The molecule has 34 heavy (non-hydrogen) atoms. The second kappa shape index (κ2) is 9.08. The second-order valence-corrected chi connectivity index (χ2v) is 9.75. The zero-order chi connectivity index (χ0) is 24.7. The molecule has 0 spiro atoms. The van der Waals surface area contributed by atoms with Crippen LogP contribution in [0.3, 0.4) is 0 Å². The highest BCUT2D eigenvalue weighted by Crippen LogP contribution is 2.52. The number of halogens is 1. The molecule has 1 aromatic carbocycles. The van der Waals surface area contributed by atoms with Gasteiger partial charge < -0.3 is 19.5 Å². The number of rotatable bonds is 7. The Kier molecular flexibility index (Phi) is 6.49. The van der Waals surface area contributed by atoms with Gasteiger partial charge in [0.2, 0.25) is 0 Å². The molecule has 2 saturated heterocycles. The number of aliphatic hydroxyl groups excluding tert-OH is 1. The summed E-state index contributed by atoms with van der Waals surface area (Å²) >= 11 is 0. The molecule has 6 atom stereocenters. The SMILES string of the molecule is C[C@@]1(F)[C@H](O)[C@@H](COP(=O)(O)N(c2ccccc2)[C@H]2CCOC2=O)O[C@H]1n1ccc(=O)[nH]c1=O. The number of nitrogens with zero attached hydrogens (tertiary/aromatic N) is 2. The van der Waals surface area contributed by atoms with Crippen LogP contribution < -0.4 is 15.9 Å². The summed E-state index contributed by atoms with van der Waals surface area (Å²) in [6, 6.07) is 7.80. The summed E-state index contributed by atoms with van der Waals surface area (Å²) in [7, 11) is -4.74. The molecule has 1 unspecified atom stereocenters. The lowest BCUT2D eigenvalue weighted by atomic mass is 9.98. The van der Waals surface area contributed by atoms with Gasteiger partial charge in [-0.05, 0) is 19.1 Å². The van der Waals surface area contributed by atoms with Crippen LogP contribution in [0.25, 0.3) is 0 Å². The van der Waals surface area contributed by atoms with Crippen LogP contribution >= 0.6 is 7.75 Å². The fourth-order valence-corrected chi connectivity index (χ4v) is 5.44. The van der Waals surface area contributed by atoms with Gasteiger partial charge in [0, 0.05) is 24.4 Å². The van der Waals surface area contributed by atoms with Gasteiger partial charge in [-0.3, -0.25) is 23.5 Å². The summed E-state index contributed by atoms with van der Waals surface area (Å²) in [6.45, 7) is 0.310. The predicted molar refractivity (Wildman–Crippen MR) is 115 cm³/mol. The van der Waals surface area contributed by atoms with Crippen LogP contribution in [0.2, 0.25) is 0 Å². The van der Waals surface area contributed by atoms with Crippen molar-refractivity contribution >= 4 is 19.4 Å². The number of carbonyl (C=O) groups excluding carboxylic acids is 1. The minimum absolute atomic E-state index is 0.0626. The number of aromatic nitrogens is 2. The number of aromatic amines is 1. The van der Waals surface area contributed by atoms with Crippen LogP contribution in [-0.2, 0) is 23.4 Å². The van der Waals surface area contributed by atoms with E-state index in [2.05, 4.69) is 0 Å². The van der Waals surface area contributed by atoms with Crippen LogP contribution in [0.15, 0.2) is 52.2 Å². The van der Waals surface area contributed by atoms with Gasteiger partial charge in [-0.25, -0.2) is 18.5 Å². The molecular weight excluding hydrogens is 476 g/mol. The van der Waals surface area contributed by atoms with Gasteiger partial charge in [0.25, 0.3) is 5.56 Å². The first-order valence-electron chi connectivity index (χ1n) is 10.3. The van der Waals surface area contributed by atoms with E-state index in [1.807, 2.05) is 4.98 Å². The van der Waals surface area contributed by atoms with E-state index in [4.69, 9.17) is 14.0 Å². The molecule has 184 valence electrons. The summed E-state index contributed by atoms with van der Waals surface area (Å²) < 4.78 is 45.9. The number of aliphatic hydroxyl groups is 1. The smallest absolute Gasteiger partial charge is 0.433 e. The number of anilines is 1. The molecule has 2 aliphatic rings.